The van der Waals surface area contributed by atoms with E-state index in [0.717, 1.165) is 19.3 Å². The van der Waals surface area contributed by atoms with Crippen LogP contribution in [0, 0.1) is 11.3 Å². The molecule has 2 aliphatic rings. The lowest BCUT2D eigenvalue weighted by molar-refractivity contribution is -0.117. The zero-order valence-corrected chi connectivity index (χ0v) is 9.27. The fourth-order valence-corrected chi connectivity index (χ4v) is 4.88. The highest BCUT2D eigenvalue weighted by molar-refractivity contribution is 7.91. The molecule has 0 bridgehead atoms. The molecule has 2 atom stereocenters. The standard InChI is InChI=1S/C10H16O3S/c1-8(11)5-9-6-10(9)3-2-4-14(12,13)7-10/h9H,2-7H2,1H3. The predicted molar refractivity (Wildman–Crippen MR) is 53.7 cm³/mol. The first kappa shape index (κ1) is 10.1. The molecule has 14 heavy (non-hydrogen) atoms. The molecule has 1 aliphatic carbocycles. The largest absolute Gasteiger partial charge is 0.300 e. The monoisotopic (exact) mass is 216 g/mol. The zero-order valence-electron chi connectivity index (χ0n) is 8.45. The molecule has 0 radical (unpaired) electrons. The molecule has 2 rings (SSSR count). The molecular weight excluding hydrogens is 200 g/mol. The summed E-state index contributed by atoms with van der Waals surface area (Å²) in [5.74, 6) is 1.23. The van der Waals surface area contributed by atoms with Gasteiger partial charge < -0.3 is 4.79 Å². The van der Waals surface area contributed by atoms with E-state index < -0.39 is 9.84 Å². The molecule has 0 amide bonds. The van der Waals surface area contributed by atoms with Crippen LogP contribution in [0.3, 0.4) is 0 Å². The summed E-state index contributed by atoms with van der Waals surface area (Å²) in [6, 6.07) is 0. The van der Waals surface area contributed by atoms with Crippen LogP contribution in [0.2, 0.25) is 0 Å². The van der Waals surface area contributed by atoms with Gasteiger partial charge >= 0.3 is 0 Å². The van der Waals surface area contributed by atoms with Crippen LogP contribution in [0.5, 0.6) is 0 Å². The Morgan fingerprint density at radius 3 is 2.79 bits per heavy atom. The third-order valence-corrected chi connectivity index (χ3v) is 5.46. The highest BCUT2D eigenvalue weighted by Gasteiger charge is 2.57. The van der Waals surface area contributed by atoms with Gasteiger partial charge in [-0.15, -0.1) is 0 Å². The maximum Gasteiger partial charge on any atom is 0.150 e. The van der Waals surface area contributed by atoms with E-state index in [4.69, 9.17) is 0 Å². The van der Waals surface area contributed by atoms with E-state index in [9.17, 15) is 13.2 Å². The number of carbonyl (C=O) groups excluding carboxylic acids is 1. The topological polar surface area (TPSA) is 51.2 Å². The van der Waals surface area contributed by atoms with Crippen LogP contribution in [0.1, 0.15) is 32.6 Å². The van der Waals surface area contributed by atoms with E-state index in [1.165, 1.54) is 0 Å². The Morgan fingerprint density at radius 2 is 2.21 bits per heavy atom. The molecule has 2 unspecified atom stereocenters. The molecule has 0 N–H and O–H groups in total. The number of hydrogen-bond acceptors (Lipinski definition) is 3. The van der Waals surface area contributed by atoms with E-state index in [-0.39, 0.29) is 11.2 Å². The smallest absolute Gasteiger partial charge is 0.150 e. The highest BCUT2D eigenvalue weighted by atomic mass is 32.2. The van der Waals surface area contributed by atoms with Crippen molar-refractivity contribution < 1.29 is 13.2 Å². The molecule has 80 valence electrons. The number of carbonyl (C=O) groups is 1. The Hall–Kier alpha value is -0.380. The first-order valence-electron chi connectivity index (χ1n) is 5.13. The van der Waals surface area contributed by atoms with Gasteiger partial charge in [-0.3, -0.25) is 0 Å². The summed E-state index contributed by atoms with van der Waals surface area (Å²) in [4.78, 5) is 10.9. The lowest BCUT2D eigenvalue weighted by Gasteiger charge is -2.22. The molecule has 4 heteroatoms. The number of Topliss-reactive ketones (excluding diaryl/α,β-unsaturated/α-hetero) is 1. The Labute approximate surface area is 84.8 Å². The van der Waals surface area contributed by atoms with Crippen LogP contribution in [-0.4, -0.2) is 25.7 Å². The zero-order chi connectivity index (χ0) is 10.4. The van der Waals surface area contributed by atoms with Gasteiger partial charge in [0.1, 0.15) is 5.78 Å². The average molecular weight is 216 g/mol. The van der Waals surface area contributed by atoms with Crippen molar-refractivity contribution >= 4 is 15.6 Å². The average Bonchev–Trinajstić information content (AvgIpc) is 2.57. The van der Waals surface area contributed by atoms with Gasteiger partial charge in [-0.2, -0.15) is 0 Å². The van der Waals surface area contributed by atoms with Crippen molar-refractivity contribution in [1.29, 1.82) is 0 Å². The number of ketones is 1. The van der Waals surface area contributed by atoms with E-state index in [1.54, 1.807) is 6.92 Å². The molecule has 1 saturated carbocycles. The van der Waals surface area contributed by atoms with Crippen LogP contribution in [0.4, 0.5) is 0 Å². The molecule has 2 fully saturated rings. The van der Waals surface area contributed by atoms with Gasteiger partial charge in [0.25, 0.3) is 0 Å². The van der Waals surface area contributed by atoms with Gasteiger partial charge in [0.15, 0.2) is 9.84 Å². The van der Waals surface area contributed by atoms with Gasteiger partial charge in [0, 0.05) is 6.42 Å². The third-order valence-electron chi connectivity index (χ3n) is 3.53. The molecule has 0 aromatic carbocycles. The third kappa shape index (κ3) is 1.85. The number of hydrogen-bond donors (Lipinski definition) is 0. The second-order valence-electron chi connectivity index (χ2n) is 4.87. The molecule has 0 aromatic heterocycles. The van der Waals surface area contributed by atoms with E-state index in [2.05, 4.69) is 0 Å². The van der Waals surface area contributed by atoms with Gasteiger partial charge in [-0.05, 0) is 37.5 Å². The van der Waals surface area contributed by atoms with Crippen molar-refractivity contribution in [3.63, 3.8) is 0 Å². The lowest BCUT2D eigenvalue weighted by Crippen LogP contribution is -2.28. The fourth-order valence-electron chi connectivity index (χ4n) is 2.78. The fraction of sp³-hybridized carbons (Fsp3) is 0.900. The van der Waals surface area contributed by atoms with Crippen LogP contribution in [0.25, 0.3) is 0 Å². The second-order valence-corrected chi connectivity index (χ2v) is 7.05. The summed E-state index contributed by atoms with van der Waals surface area (Å²) in [6.07, 6.45) is 3.32. The lowest BCUT2D eigenvalue weighted by atomic mass is 9.97. The maximum atomic E-state index is 11.5. The van der Waals surface area contributed by atoms with Crippen molar-refractivity contribution in [1.82, 2.24) is 0 Å². The Balaban J connectivity index is 2.03. The maximum absolute atomic E-state index is 11.5. The summed E-state index contributed by atoms with van der Waals surface area (Å²) in [7, 11) is -2.81. The van der Waals surface area contributed by atoms with Crippen molar-refractivity contribution in [2.45, 2.75) is 32.6 Å². The van der Waals surface area contributed by atoms with Crippen molar-refractivity contribution in [3.05, 3.63) is 0 Å². The molecule has 1 heterocycles. The minimum atomic E-state index is -2.81. The molecule has 1 spiro atoms. The predicted octanol–water partition coefficient (Wildman–Crippen LogP) is 1.18. The summed E-state index contributed by atoms with van der Waals surface area (Å²) < 4.78 is 22.9. The second kappa shape index (κ2) is 3.05. The van der Waals surface area contributed by atoms with Crippen molar-refractivity contribution in [2.24, 2.45) is 11.3 Å². The highest BCUT2D eigenvalue weighted by Crippen LogP contribution is 2.60. The summed E-state index contributed by atoms with van der Waals surface area (Å²) >= 11 is 0. The van der Waals surface area contributed by atoms with Crippen LogP contribution >= 0.6 is 0 Å². The van der Waals surface area contributed by atoms with Gasteiger partial charge in [-0.25, -0.2) is 8.42 Å². The quantitative estimate of drug-likeness (QED) is 0.696. The molecular formula is C10H16O3S. The molecule has 0 aromatic rings. The summed E-state index contributed by atoms with van der Waals surface area (Å²) in [5, 5.41) is 0. The Morgan fingerprint density at radius 1 is 1.50 bits per heavy atom. The van der Waals surface area contributed by atoms with E-state index >= 15 is 0 Å². The normalized spacial score (nSPS) is 39.6. The van der Waals surface area contributed by atoms with Crippen LogP contribution < -0.4 is 0 Å². The van der Waals surface area contributed by atoms with E-state index in [0.29, 0.717) is 23.8 Å². The number of rotatable bonds is 2. The molecule has 1 aliphatic heterocycles. The minimum Gasteiger partial charge on any atom is -0.300 e. The Kier molecular flexibility index (Phi) is 2.21. The van der Waals surface area contributed by atoms with Crippen LogP contribution in [-0.2, 0) is 14.6 Å². The van der Waals surface area contributed by atoms with Crippen molar-refractivity contribution in [2.75, 3.05) is 11.5 Å². The van der Waals surface area contributed by atoms with Gasteiger partial charge in [0.2, 0.25) is 0 Å². The first-order chi connectivity index (χ1) is 6.44. The minimum absolute atomic E-state index is 0.00273. The SMILES string of the molecule is CC(=O)CC1CC12CCCS(=O)(=O)C2. The molecule has 1 saturated heterocycles. The van der Waals surface area contributed by atoms with E-state index in [1.807, 2.05) is 0 Å². The van der Waals surface area contributed by atoms with Crippen molar-refractivity contribution in [3.8, 4) is 0 Å². The summed E-state index contributed by atoms with van der Waals surface area (Å²) in [5.41, 5.74) is 0.00273. The first-order valence-corrected chi connectivity index (χ1v) is 6.96. The molecule has 3 nitrogen and oxygen atoms in total. The van der Waals surface area contributed by atoms with Crippen LogP contribution in [0.15, 0.2) is 0 Å². The Bertz CT molecular complexity index is 358. The summed E-state index contributed by atoms with van der Waals surface area (Å²) in [6.45, 7) is 1.59. The van der Waals surface area contributed by atoms with Gasteiger partial charge in [-0.1, -0.05) is 0 Å². The van der Waals surface area contributed by atoms with Gasteiger partial charge in [0.05, 0.1) is 11.5 Å². The number of sulfone groups is 1.